The second-order valence-corrected chi connectivity index (χ2v) is 6.94. The van der Waals surface area contributed by atoms with Crippen molar-refractivity contribution in [2.45, 2.75) is 39.3 Å². The van der Waals surface area contributed by atoms with Gasteiger partial charge >= 0.3 is 0 Å². The van der Waals surface area contributed by atoms with E-state index < -0.39 is 9.84 Å². The van der Waals surface area contributed by atoms with Crippen molar-refractivity contribution in [2.75, 3.05) is 11.5 Å². The Labute approximate surface area is 104 Å². The summed E-state index contributed by atoms with van der Waals surface area (Å²) in [7, 11) is -2.85. The predicted molar refractivity (Wildman–Crippen MR) is 70.7 cm³/mol. The number of aromatic nitrogens is 1. The molecule has 0 aliphatic carbocycles. The van der Waals surface area contributed by atoms with Gasteiger partial charge in [0, 0.05) is 36.7 Å². The van der Waals surface area contributed by atoms with Crippen molar-refractivity contribution in [3.05, 3.63) is 24.0 Å². The van der Waals surface area contributed by atoms with Crippen LogP contribution in [-0.2, 0) is 22.8 Å². The van der Waals surface area contributed by atoms with Gasteiger partial charge in [0.15, 0.2) is 0 Å². The molecule has 0 radical (unpaired) electrons. The lowest BCUT2D eigenvalue weighted by molar-refractivity contribution is 0.581. The van der Waals surface area contributed by atoms with Crippen molar-refractivity contribution in [1.29, 1.82) is 0 Å². The van der Waals surface area contributed by atoms with Crippen LogP contribution in [0.2, 0.25) is 0 Å². The van der Waals surface area contributed by atoms with Gasteiger partial charge < -0.3 is 10.3 Å². The molecule has 1 atom stereocenters. The topological polar surface area (TPSA) is 65.1 Å². The molecule has 1 rings (SSSR count). The Balaban J connectivity index is 2.50. The third kappa shape index (κ3) is 4.91. The van der Waals surface area contributed by atoms with Gasteiger partial charge in [-0.1, -0.05) is 6.92 Å². The molecule has 1 unspecified atom stereocenters. The molecule has 0 amide bonds. The molecule has 0 aliphatic heterocycles. The molecule has 1 aromatic rings. The van der Waals surface area contributed by atoms with E-state index in [1.165, 1.54) is 5.69 Å². The van der Waals surface area contributed by atoms with Crippen LogP contribution in [-0.4, -0.2) is 30.5 Å². The van der Waals surface area contributed by atoms with Crippen LogP contribution >= 0.6 is 0 Å². The Bertz CT molecular complexity index is 435. The molecule has 1 heterocycles. The summed E-state index contributed by atoms with van der Waals surface area (Å²) >= 11 is 0. The van der Waals surface area contributed by atoms with E-state index >= 15 is 0 Å². The standard InChI is InChI=1S/C12H22N2O2S/c1-3-17(15,16)9-5-8-14-7-4-6-12(14)10-11(2)13/h4,6-7,11H,3,5,8-10,13H2,1-2H3. The molecule has 0 spiro atoms. The number of sulfone groups is 1. The van der Waals surface area contributed by atoms with Gasteiger partial charge in [-0.25, -0.2) is 8.42 Å². The van der Waals surface area contributed by atoms with Gasteiger partial charge in [-0.2, -0.15) is 0 Å². The Morgan fingerprint density at radius 1 is 1.47 bits per heavy atom. The summed E-state index contributed by atoms with van der Waals surface area (Å²) in [5.74, 6) is 0.491. The Morgan fingerprint density at radius 2 is 2.18 bits per heavy atom. The van der Waals surface area contributed by atoms with E-state index in [1.54, 1.807) is 6.92 Å². The Hall–Kier alpha value is -0.810. The summed E-state index contributed by atoms with van der Waals surface area (Å²) in [5, 5.41) is 0. The highest BCUT2D eigenvalue weighted by Gasteiger charge is 2.08. The lowest BCUT2D eigenvalue weighted by Gasteiger charge is -2.11. The molecule has 17 heavy (non-hydrogen) atoms. The fourth-order valence-electron chi connectivity index (χ4n) is 1.78. The first-order valence-electron chi connectivity index (χ1n) is 6.04. The first-order valence-corrected chi connectivity index (χ1v) is 7.87. The van der Waals surface area contributed by atoms with Gasteiger partial charge in [-0.05, 0) is 25.5 Å². The summed E-state index contributed by atoms with van der Waals surface area (Å²) in [5.41, 5.74) is 6.94. The molecular weight excluding hydrogens is 236 g/mol. The summed E-state index contributed by atoms with van der Waals surface area (Å²) in [6.45, 7) is 4.40. The molecule has 1 aromatic heterocycles. The van der Waals surface area contributed by atoms with Crippen LogP contribution in [0.25, 0.3) is 0 Å². The zero-order valence-electron chi connectivity index (χ0n) is 10.6. The van der Waals surface area contributed by atoms with Crippen LogP contribution in [0, 0.1) is 0 Å². The lowest BCUT2D eigenvalue weighted by atomic mass is 10.2. The van der Waals surface area contributed by atoms with Crippen LogP contribution in [0.4, 0.5) is 0 Å². The molecule has 98 valence electrons. The van der Waals surface area contributed by atoms with Gasteiger partial charge in [0.1, 0.15) is 9.84 Å². The number of hydrogen-bond acceptors (Lipinski definition) is 3. The normalized spacial score (nSPS) is 13.8. The van der Waals surface area contributed by atoms with Crippen LogP contribution in [0.3, 0.4) is 0 Å². The molecule has 5 heteroatoms. The second-order valence-electron chi connectivity index (χ2n) is 4.46. The van der Waals surface area contributed by atoms with Crippen molar-refractivity contribution in [3.8, 4) is 0 Å². The predicted octanol–water partition coefficient (Wildman–Crippen LogP) is 1.20. The molecule has 0 aromatic carbocycles. The highest BCUT2D eigenvalue weighted by molar-refractivity contribution is 7.91. The van der Waals surface area contributed by atoms with Crippen molar-refractivity contribution in [1.82, 2.24) is 4.57 Å². The zero-order chi connectivity index (χ0) is 12.9. The second kappa shape index (κ2) is 6.21. The van der Waals surface area contributed by atoms with Gasteiger partial charge in [0.25, 0.3) is 0 Å². The maximum atomic E-state index is 11.4. The maximum Gasteiger partial charge on any atom is 0.150 e. The summed E-state index contributed by atoms with van der Waals surface area (Å²) < 4.78 is 24.8. The van der Waals surface area contributed by atoms with Crippen molar-refractivity contribution in [2.24, 2.45) is 5.73 Å². The Morgan fingerprint density at radius 3 is 2.76 bits per heavy atom. The highest BCUT2D eigenvalue weighted by atomic mass is 32.2. The molecule has 0 saturated heterocycles. The van der Waals surface area contributed by atoms with Gasteiger partial charge in [-0.15, -0.1) is 0 Å². The lowest BCUT2D eigenvalue weighted by Crippen LogP contribution is -2.20. The van der Waals surface area contributed by atoms with Gasteiger partial charge in [-0.3, -0.25) is 0 Å². The number of hydrogen-bond donors (Lipinski definition) is 1. The minimum Gasteiger partial charge on any atom is -0.351 e. The smallest absolute Gasteiger partial charge is 0.150 e. The third-order valence-electron chi connectivity index (χ3n) is 2.75. The first kappa shape index (κ1) is 14.3. The van der Waals surface area contributed by atoms with E-state index in [-0.39, 0.29) is 17.5 Å². The van der Waals surface area contributed by atoms with Crippen LogP contribution in [0.1, 0.15) is 26.0 Å². The minimum atomic E-state index is -2.85. The molecule has 0 saturated carbocycles. The fraction of sp³-hybridized carbons (Fsp3) is 0.667. The largest absolute Gasteiger partial charge is 0.351 e. The molecule has 0 aliphatic rings. The van der Waals surface area contributed by atoms with E-state index in [1.807, 2.05) is 25.3 Å². The van der Waals surface area contributed by atoms with E-state index in [0.29, 0.717) is 6.42 Å². The van der Waals surface area contributed by atoms with Crippen molar-refractivity contribution in [3.63, 3.8) is 0 Å². The van der Waals surface area contributed by atoms with Crippen molar-refractivity contribution >= 4 is 9.84 Å². The highest BCUT2D eigenvalue weighted by Crippen LogP contribution is 2.07. The quantitative estimate of drug-likeness (QED) is 0.799. The number of nitrogens with zero attached hydrogens (tertiary/aromatic N) is 1. The number of aryl methyl sites for hydroxylation is 1. The molecular formula is C12H22N2O2S. The van der Waals surface area contributed by atoms with Gasteiger partial charge in [0.05, 0.1) is 5.75 Å². The number of rotatable bonds is 7. The summed E-state index contributed by atoms with van der Waals surface area (Å²) in [6.07, 6.45) is 3.47. The monoisotopic (exact) mass is 258 g/mol. The van der Waals surface area contributed by atoms with E-state index in [0.717, 1.165) is 13.0 Å². The summed E-state index contributed by atoms with van der Waals surface area (Å²) in [6, 6.07) is 4.15. The van der Waals surface area contributed by atoms with E-state index in [2.05, 4.69) is 4.57 Å². The van der Waals surface area contributed by atoms with E-state index in [9.17, 15) is 8.42 Å². The summed E-state index contributed by atoms with van der Waals surface area (Å²) in [4.78, 5) is 0. The first-order chi connectivity index (χ1) is 7.94. The van der Waals surface area contributed by atoms with E-state index in [4.69, 9.17) is 5.73 Å². The molecule has 0 fully saturated rings. The maximum absolute atomic E-state index is 11.4. The van der Waals surface area contributed by atoms with Crippen LogP contribution in [0.5, 0.6) is 0 Å². The average molecular weight is 258 g/mol. The van der Waals surface area contributed by atoms with Crippen LogP contribution < -0.4 is 5.73 Å². The minimum absolute atomic E-state index is 0.128. The SMILES string of the molecule is CCS(=O)(=O)CCCn1cccc1CC(C)N. The average Bonchev–Trinajstić information content (AvgIpc) is 2.65. The van der Waals surface area contributed by atoms with Crippen molar-refractivity contribution < 1.29 is 8.42 Å². The fourth-order valence-corrected chi connectivity index (χ4v) is 2.64. The third-order valence-corrected chi connectivity index (χ3v) is 4.54. The number of nitrogens with two attached hydrogens (primary N) is 1. The van der Waals surface area contributed by atoms with Gasteiger partial charge in [0.2, 0.25) is 0 Å². The zero-order valence-corrected chi connectivity index (χ0v) is 11.4. The van der Waals surface area contributed by atoms with Crippen LogP contribution in [0.15, 0.2) is 18.3 Å². The molecule has 4 nitrogen and oxygen atoms in total. The Kier molecular flexibility index (Phi) is 5.21. The molecule has 2 N–H and O–H groups in total. The molecule has 0 bridgehead atoms.